The number of rotatable bonds is 2. The molecular formula is C9H11NO3. The largest absolute Gasteiger partial charge is 0.298 e. The van der Waals surface area contributed by atoms with E-state index in [9.17, 15) is 14.4 Å². The van der Waals surface area contributed by atoms with E-state index in [1.54, 1.807) is 0 Å². The molecule has 0 N–H and O–H groups in total. The molecule has 70 valence electrons. The molecule has 0 spiro atoms. The van der Waals surface area contributed by atoms with E-state index in [4.69, 9.17) is 0 Å². The highest BCUT2D eigenvalue weighted by atomic mass is 16.2. The van der Waals surface area contributed by atoms with Crippen molar-refractivity contribution in [3.05, 3.63) is 12.2 Å². The summed E-state index contributed by atoms with van der Waals surface area (Å²) in [6.45, 7) is 6.32. The molecule has 0 radical (unpaired) electrons. The molecular weight excluding hydrogens is 170 g/mol. The molecule has 1 rings (SSSR count). The fraction of sp³-hybridized carbons (Fsp3) is 0.444. The van der Waals surface area contributed by atoms with Crippen molar-refractivity contribution in [1.82, 2.24) is 4.90 Å². The minimum absolute atomic E-state index is 0.147. The first kappa shape index (κ1) is 9.64. The predicted molar refractivity (Wildman–Crippen MR) is 45.8 cm³/mol. The second kappa shape index (κ2) is 3.12. The van der Waals surface area contributed by atoms with Crippen molar-refractivity contribution >= 4 is 17.6 Å². The van der Waals surface area contributed by atoms with Crippen molar-refractivity contribution < 1.29 is 14.4 Å². The number of amides is 2. The van der Waals surface area contributed by atoms with Gasteiger partial charge in [0.25, 0.3) is 5.91 Å². The topological polar surface area (TPSA) is 54.5 Å². The van der Waals surface area contributed by atoms with Gasteiger partial charge in [-0.15, -0.1) is 0 Å². The maximum Gasteiger partial charge on any atom is 0.256 e. The fourth-order valence-electron chi connectivity index (χ4n) is 1.20. The summed E-state index contributed by atoms with van der Waals surface area (Å²) in [6.07, 6.45) is 0.147. The van der Waals surface area contributed by atoms with Crippen LogP contribution in [0.25, 0.3) is 0 Å². The summed E-state index contributed by atoms with van der Waals surface area (Å²) >= 11 is 0. The van der Waals surface area contributed by atoms with Gasteiger partial charge in [-0.3, -0.25) is 19.3 Å². The third-order valence-corrected chi connectivity index (χ3v) is 2.00. The van der Waals surface area contributed by atoms with Gasteiger partial charge in [0.1, 0.15) is 6.04 Å². The minimum Gasteiger partial charge on any atom is -0.298 e. The molecule has 4 heteroatoms. The van der Waals surface area contributed by atoms with Crippen LogP contribution in [0.3, 0.4) is 0 Å². The Bertz CT molecular complexity index is 306. The van der Waals surface area contributed by atoms with Gasteiger partial charge < -0.3 is 0 Å². The molecule has 1 unspecified atom stereocenters. The molecule has 1 atom stereocenters. The number of hydrogen-bond acceptors (Lipinski definition) is 3. The van der Waals surface area contributed by atoms with E-state index in [1.807, 2.05) is 0 Å². The number of carbonyl (C=O) groups is 3. The van der Waals surface area contributed by atoms with Crippen molar-refractivity contribution in [2.24, 2.45) is 0 Å². The molecule has 1 fully saturated rings. The predicted octanol–water partition coefficient (Wildman–Crippen LogP) is 0.279. The van der Waals surface area contributed by atoms with E-state index in [-0.39, 0.29) is 23.7 Å². The summed E-state index contributed by atoms with van der Waals surface area (Å²) in [7, 11) is 0. The molecule has 13 heavy (non-hydrogen) atoms. The van der Waals surface area contributed by atoms with Gasteiger partial charge in [0.2, 0.25) is 5.91 Å². The van der Waals surface area contributed by atoms with Crippen LogP contribution in [0.5, 0.6) is 0 Å². The highest BCUT2D eigenvalue weighted by molar-refractivity contribution is 6.12. The lowest BCUT2D eigenvalue weighted by molar-refractivity contribution is -0.160. The lowest BCUT2D eigenvalue weighted by Crippen LogP contribution is -2.58. The first-order valence-electron chi connectivity index (χ1n) is 3.97. The Kier molecular flexibility index (Phi) is 2.32. The molecule has 0 aliphatic carbocycles. The van der Waals surface area contributed by atoms with E-state index in [2.05, 4.69) is 6.58 Å². The van der Waals surface area contributed by atoms with Crippen molar-refractivity contribution in [1.29, 1.82) is 0 Å². The van der Waals surface area contributed by atoms with Crippen LogP contribution in [0.2, 0.25) is 0 Å². The fourth-order valence-corrected chi connectivity index (χ4v) is 1.20. The number of nitrogens with zero attached hydrogens (tertiary/aromatic N) is 1. The van der Waals surface area contributed by atoms with Crippen LogP contribution >= 0.6 is 0 Å². The molecule has 4 nitrogen and oxygen atoms in total. The molecule has 0 aromatic rings. The van der Waals surface area contributed by atoms with E-state index < -0.39 is 11.9 Å². The molecule has 1 aliphatic heterocycles. The number of hydrogen-bond donors (Lipinski definition) is 0. The standard InChI is InChI=1S/C9H11NO3/c1-5(2)9(13)10-7(6(3)11)4-8(10)12/h7H,1,4H2,2-3H3. The normalized spacial score (nSPS) is 20.9. The minimum atomic E-state index is -0.559. The molecule has 0 saturated carbocycles. The Morgan fingerprint density at radius 3 is 2.31 bits per heavy atom. The molecule has 0 aromatic carbocycles. The van der Waals surface area contributed by atoms with E-state index in [0.717, 1.165) is 4.90 Å². The van der Waals surface area contributed by atoms with Gasteiger partial charge in [0.15, 0.2) is 5.78 Å². The van der Waals surface area contributed by atoms with Gasteiger partial charge in [-0.1, -0.05) is 6.58 Å². The Labute approximate surface area is 76.2 Å². The molecule has 2 amide bonds. The Morgan fingerprint density at radius 2 is 2.00 bits per heavy atom. The van der Waals surface area contributed by atoms with Crippen LogP contribution in [0.15, 0.2) is 12.2 Å². The molecule has 1 saturated heterocycles. The summed E-state index contributed by atoms with van der Waals surface area (Å²) in [6, 6.07) is -0.559. The van der Waals surface area contributed by atoms with Crippen LogP contribution in [-0.2, 0) is 14.4 Å². The summed E-state index contributed by atoms with van der Waals surface area (Å²) in [4.78, 5) is 34.2. The summed E-state index contributed by atoms with van der Waals surface area (Å²) in [5, 5.41) is 0. The highest BCUT2D eigenvalue weighted by Crippen LogP contribution is 2.21. The second-order valence-corrected chi connectivity index (χ2v) is 3.18. The van der Waals surface area contributed by atoms with Crippen molar-refractivity contribution in [3.63, 3.8) is 0 Å². The van der Waals surface area contributed by atoms with Crippen LogP contribution in [0.1, 0.15) is 20.3 Å². The maximum atomic E-state index is 11.3. The number of Topliss-reactive ketones (excluding diaryl/α,β-unsaturated/α-hetero) is 1. The average Bonchev–Trinajstić information content (AvgIpc) is 1.99. The Morgan fingerprint density at radius 1 is 1.46 bits per heavy atom. The lowest BCUT2D eigenvalue weighted by atomic mass is 9.97. The summed E-state index contributed by atoms with van der Waals surface area (Å²) < 4.78 is 0. The molecule has 1 heterocycles. The molecule has 0 bridgehead atoms. The third-order valence-electron chi connectivity index (χ3n) is 2.00. The number of carbonyl (C=O) groups excluding carboxylic acids is 3. The summed E-state index contributed by atoms with van der Waals surface area (Å²) in [5.41, 5.74) is 0.277. The zero-order chi connectivity index (χ0) is 10.2. The maximum absolute atomic E-state index is 11.3. The SMILES string of the molecule is C=C(C)C(=O)N1C(=O)CC1C(C)=O. The van der Waals surface area contributed by atoms with Crippen LogP contribution in [0.4, 0.5) is 0 Å². The highest BCUT2D eigenvalue weighted by Gasteiger charge is 2.43. The van der Waals surface area contributed by atoms with Crippen molar-refractivity contribution in [3.8, 4) is 0 Å². The van der Waals surface area contributed by atoms with E-state index in [0.29, 0.717) is 0 Å². The van der Waals surface area contributed by atoms with Gasteiger partial charge in [0, 0.05) is 5.57 Å². The second-order valence-electron chi connectivity index (χ2n) is 3.18. The third kappa shape index (κ3) is 1.52. The Hall–Kier alpha value is -1.45. The van der Waals surface area contributed by atoms with Gasteiger partial charge >= 0.3 is 0 Å². The van der Waals surface area contributed by atoms with E-state index >= 15 is 0 Å². The van der Waals surface area contributed by atoms with Crippen LogP contribution in [0, 0.1) is 0 Å². The number of ketones is 1. The van der Waals surface area contributed by atoms with Gasteiger partial charge in [-0.25, -0.2) is 0 Å². The lowest BCUT2D eigenvalue weighted by Gasteiger charge is -2.36. The first-order valence-corrected chi connectivity index (χ1v) is 3.97. The van der Waals surface area contributed by atoms with Gasteiger partial charge in [-0.2, -0.15) is 0 Å². The number of imide groups is 1. The van der Waals surface area contributed by atoms with Crippen molar-refractivity contribution in [2.75, 3.05) is 0 Å². The van der Waals surface area contributed by atoms with Crippen LogP contribution < -0.4 is 0 Å². The molecule has 1 aliphatic rings. The first-order chi connectivity index (χ1) is 5.95. The number of β-lactam (4-membered cyclic amide) rings is 1. The quantitative estimate of drug-likeness (QED) is 0.454. The van der Waals surface area contributed by atoms with Gasteiger partial charge in [0.05, 0.1) is 6.42 Å². The van der Waals surface area contributed by atoms with E-state index in [1.165, 1.54) is 13.8 Å². The van der Waals surface area contributed by atoms with Crippen molar-refractivity contribution in [2.45, 2.75) is 26.3 Å². The van der Waals surface area contributed by atoms with Gasteiger partial charge in [-0.05, 0) is 13.8 Å². The smallest absolute Gasteiger partial charge is 0.256 e. The summed E-state index contributed by atoms with van der Waals surface area (Å²) in [5.74, 6) is -0.904. The Balaban J connectivity index is 2.78. The van der Waals surface area contributed by atoms with Crippen LogP contribution in [-0.4, -0.2) is 28.5 Å². The average molecular weight is 181 g/mol. The zero-order valence-corrected chi connectivity index (χ0v) is 7.66. The molecule has 0 aromatic heterocycles. The monoisotopic (exact) mass is 181 g/mol. The number of likely N-dealkylation sites (tertiary alicyclic amines) is 1. The zero-order valence-electron chi connectivity index (χ0n) is 7.66.